The van der Waals surface area contributed by atoms with Crippen LogP contribution in [0.15, 0.2) is 18.2 Å². The maximum Gasteiger partial charge on any atom is 0.416 e. The molecule has 0 aromatic heterocycles. The van der Waals surface area contributed by atoms with Gasteiger partial charge in [-0.1, -0.05) is 11.6 Å². The zero-order chi connectivity index (χ0) is 12.6. The fourth-order valence-corrected chi connectivity index (χ4v) is 1.50. The molecule has 1 rings (SSSR count). The second-order valence-corrected chi connectivity index (χ2v) is 4.34. The molecular weight excluding hydrogens is 271 g/mol. The molecule has 0 amide bonds. The van der Waals surface area contributed by atoms with Gasteiger partial charge in [0.15, 0.2) is 0 Å². The quantitative estimate of drug-likeness (QED) is 0.897. The lowest BCUT2D eigenvalue weighted by Gasteiger charge is -2.09. The van der Waals surface area contributed by atoms with Crippen molar-refractivity contribution >= 4 is 21.9 Å². The minimum Gasteiger partial charge on any atom is -0.371 e. The van der Waals surface area contributed by atoms with E-state index in [1.54, 1.807) is 0 Å². The van der Waals surface area contributed by atoms with E-state index >= 15 is 0 Å². The lowest BCUT2D eigenvalue weighted by Crippen LogP contribution is -2.19. The Bertz CT molecular complexity index is 500. The van der Waals surface area contributed by atoms with Gasteiger partial charge in [-0.2, -0.15) is 26.7 Å². The van der Waals surface area contributed by atoms with Crippen molar-refractivity contribution < 1.29 is 25.8 Å². The molecule has 1 aromatic carbocycles. The largest absolute Gasteiger partial charge is 0.416 e. The van der Waals surface area contributed by atoms with E-state index in [1.165, 1.54) is 0 Å². The fourth-order valence-electron chi connectivity index (χ4n) is 0.909. The van der Waals surface area contributed by atoms with Crippen molar-refractivity contribution in [2.75, 3.05) is 0 Å². The van der Waals surface area contributed by atoms with Gasteiger partial charge in [-0.15, -0.1) is 0 Å². The topological polar surface area (TPSA) is 69.4 Å². The summed E-state index contributed by atoms with van der Waals surface area (Å²) in [6.07, 6.45) is -4.65. The Hall–Kier alpha value is -0.990. The average molecular weight is 276 g/mol. The van der Waals surface area contributed by atoms with Gasteiger partial charge in [0.25, 0.3) is 0 Å². The van der Waals surface area contributed by atoms with E-state index in [2.05, 4.69) is 9.32 Å². The van der Waals surface area contributed by atoms with Crippen molar-refractivity contribution in [3.8, 4) is 5.75 Å². The Labute approximate surface area is 94.0 Å². The number of benzene rings is 1. The van der Waals surface area contributed by atoms with Gasteiger partial charge in [0, 0.05) is 11.1 Å². The summed E-state index contributed by atoms with van der Waals surface area (Å²) >= 11 is 5.37. The maximum atomic E-state index is 12.3. The SMILES string of the molecule is NS(=O)(=O)Oc1cc(Cl)cc(C(F)(F)F)c1. The Morgan fingerprint density at radius 1 is 1.25 bits per heavy atom. The van der Waals surface area contributed by atoms with Crippen molar-refractivity contribution in [1.29, 1.82) is 0 Å². The first-order valence-corrected chi connectivity index (χ1v) is 5.53. The lowest BCUT2D eigenvalue weighted by molar-refractivity contribution is -0.137. The van der Waals surface area contributed by atoms with Crippen LogP contribution in [-0.4, -0.2) is 8.42 Å². The maximum absolute atomic E-state index is 12.3. The highest BCUT2D eigenvalue weighted by Gasteiger charge is 2.31. The van der Waals surface area contributed by atoms with Crippen molar-refractivity contribution in [2.45, 2.75) is 6.18 Å². The molecule has 1 aromatic rings. The summed E-state index contributed by atoms with van der Waals surface area (Å²) in [5.41, 5.74) is -1.13. The van der Waals surface area contributed by atoms with E-state index in [4.69, 9.17) is 11.6 Å². The smallest absolute Gasteiger partial charge is 0.371 e. The van der Waals surface area contributed by atoms with Crippen LogP contribution in [0.4, 0.5) is 13.2 Å². The van der Waals surface area contributed by atoms with E-state index in [1.807, 2.05) is 0 Å². The Kier molecular flexibility index (Phi) is 3.36. The molecular formula is C7H5ClF3NO3S. The molecule has 0 bridgehead atoms. The molecule has 90 valence electrons. The van der Waals surface area contributed by atoms with Crippen LogP contribution in [0, 0.1) is 0 Å². The van der Waals surface area contributed by atoms with Crippen molar-refractivity contribution in [3.05, 3.63) is 28.8 Å². The molecule has 0 fully saturated rings. The summed E-state index contributed by atoms with van der Waals surface area (Å²) in [6.45, 7) is 0. The molecule has 0 spiro atoms. The normalized spacial score (nSPS) is 12.6. The minimum absolute atomic E-state index is 0.312. The van der Waals surface area contributed by atoms with Crippen LogP contribution in [0.25, 0.3) is 0 Å². The summed E-state index contributed by atoms with van der Waals surface area (Å²) in [5, 5.41) is 4.19. The molecule has 0 radical (unpaired) electrons. The third-order valence-corrected chi connectivity index (χ3v) is 2.05. The van der Waals surface area contributed by atoms with Gasteiger partial charge in [0.05, 0.1) is 5.56 Å². The van der Waals surface area contributed by atoms with Crippen molar-refractivity contribution in [1.82, 2.24) is 0 Å². The predicted molar refractivity (Wildman–Crippen MR) is 50.2 cm³/mol. The standard InChI is InChI=1S/C7H5ClF3NO3S/c8-5-1-4(7(9,10)11)2-6(3-5)15-16(12,13)14/h1-3H,(H2,12,13,14). The minimum atomic E-state index is -4.65. The van der Waals surface area contributed by atoms with Gasteiger partial charge in [-0.25, -0.2) is 0 Å². The number of rotatable bonds is 2. The molecule has 0 heterocycles. The van der Waals surface area contributed by atoms with Gasteiger partial charge in [-0.05, 0) is 12.1 Å². The van der Waals surface area contributed by atoms with Crippen LogP contribution >= 0.6 is 11.6 Å². The summed E-state index contributed by atoms with van der Waals surface area (Å²) < 4.78 is 61.9. The number of alkyl halides is 3. The summed E-state index contributed by atoms with van der Waals surface area (Å²) in [4.78, 5) is 0. The van der Waals surface area contributed by atoms with Crippen LogP contribution in [0.2, 0.25) is 5.02 Å². The average Bonchev–Trinajstić information content (AvgIpc) is 1.97. The Morgan fingerprint density at radius 3 is 2.25 bits per heavy atom. The molecule has 2 N–H and O–H groups in total. The van der Waals surface area contributed by atoms with Gasteiger partial charge in [0.1, 0.15) is 5.75 Å². The Balaban J connectivity index is 3.19. The van der Waals surface area contributed by atoms with Crippen LogP contribution in [0.5, 0.6) is 5.75 Å². The highest BCUT2D eigenvalue weighted by Crippen LogP contribution is 2.34. The third-order valence-electron chi connectivity index (χ3n) is 1.41. The molecule has 0 saturated heterocycles. The number of halogens is 4. The molecule has 0 unspecified atom stereocenters. The number of hydrogen-bond acceptors (Lipinski definition) is 3. The molecule has 16 heavy (non-hydrogen) atoms. The van der Waals surface area contributed by atoms with Crippen molar-refractivity contribution in [3.63, 3.8) is 0 Å². The first kappa shape index (κ1) is 13.1. The van der Waals surface area contributed by atoms with Gasteiger partial charge < -0.3 is 4.18 Å². The van der Waals surface area contributed by atoms with E-state index in [0.717, 1.165) is 6.07 Å². The highest BCUT2D eigenvalue weighted by molar-refractivity contribution is 7.84. The molecule has 0 aliphatic rings. The van der Waals surface area contributed by atoms with E-state index in [0.29, 0.717) is 12.1 Å². The molecule has 0 aliphatic heterocycles. The number of nitrogens with two attached hydrogens (primary N) is 1. The molecule has 9 heteroatoms. The highest BCUT2D eigenvalue weighted by atomic mass is 35.5. The third kappa shape index (κ3) is 3.87. The van der Waals surface area contributed by atoms with Gasteiger partial charge in [-0.3, -0.25) is 0 Å². The second-order valence-electron chi connectivity index (χ2n) is 2.75. The summed E-state index contributed by atoms with van der Waals surface area (Å²) in [6, 6.07) is 2.02. The molecule has 0 atom stereocenters. The second kappa shape index (κ2) is 4.11. The first-order valence-electron chi connectivity index (χ1n) is 3.68. The fraction of sp³-hybridized carbons (Fsp3) is 0.143. The molecule has 0 aliphatic carbocycles. The van der Waals surface area contributed by atoms with Crippen LogP contribution in [0.3, 0.4) is 0 Å². The van der Waals surface area contributed by atoms with E-state index in [-0.39, 0.29) is 5.02 Å². The van der Waals surface area contributed by atoms with Crippen LogP contribution in [0.1, 0.15) is 5.56 Å². The molecule has 4 nitrogen and oxygen atoms in total. The predicted octanol–water partition coefficient (Wildman–Crippen LogP) is 1.94. The first-order chi connectivity index (χ1) is 7.08. The van der Waals surface area contributed by atoms with Crippen LogP contribution in [-0.2, 0) is 16.5 Å². The van der Waals surface area contributed by atoms with E-state index in [9.17, 15) is 21.6 Å². The van der Waals surface area contributed by atoms with Crippen molar-refractivity contribution in [2.24, 2.45) is 5.14 Å². The number of hydrogen-bond donors (Lipinski definition) is 1. The summed E-state index contributed by atoms with van der Waals surface area (Å²) in [5.74, 6) is -0.595. The van der Waals surface area contributed by atoms with Gasteiger partial charge >= 0.3 is 16.5 Å². The monoisotopic (exact) mass is 275 g/mol. The Morgan fingerprint density at radius 2 is 1.81 bits per heavy atom. The zero-order valence-corrected chi connectivity index (χ0v) is 9.03. The lowest BCUT2D eigenvalue weighted by atomic mass is 10.2. The van der Waals surface area contributed by atoms with Crippen LogP contribution < -0.4 is 9.32 Å². The molecule has 0 saturated carbocycles. The van der Waals surface area contributed by atoms with Gasteiger partial charge in [0.2, 0.25) is 0 Å². The van der Waals surface area contributed by atoms with E-state index < -0.39 is 27.8 Å². The zero-order valence-electron chi connectivity index (χ0n) is 7.45. The summed E-state index contributed by atoms with van der Waals surface area (Å²) in [7, 11) is -4.38.